The first-order chi connectivity index (χ1) is 8.56. The first kappa shape index (κ1) is 14.1. The van der Waals surface area contributed by atoms with E-state index in [1.54, 1.807) is 31.2 Å². The van der Waals surface area contributed by atoms with E-state index in [2.05, 4.69) is 0 Å². The van der Waals surface area contributed by atoms with Crippen molar-refractivity contribution in [2.75, 3.05) is 6.61 Å². The molecule has 1 aromatic rings. The summed E-state index contributed by atoms with van der Waals surface area (Å²) in [6.45, 7) is 3.21. The molecule has 4 nitrogen and oxygen atoms in total. The summed E-state index contributed by atoms with van der Waals surface area (Å²) in [6, 6.07) is 8.82. The number of carbonyl (C=O) groups is 2. The van der Waals surface area contributed by atoms with Crippen molar-refractivity contribution in [3.8, 4) is 0 Å². The molecule has 0 heterocycles. The van der Waals surface area contributed by atoms with Gasteiger partial charge >= 0.3 is 5.97 Å². The summed E-state index contributed by atoms with van der Waals surface area (Å²) < 4.78 is 4.82. The highest BCUT2D eigenvalue weighted by Gasteiger charge is 2.26. The van der Waals surface area contributed by atoms with Crippen molar-refractivity contribution in [3.05, 3.63) is 35.9 Å². The molecule has 1 radical (unpaired) electrons. The van der Waals surface area contributed by atoms with Crippen molar-refractivity contribution in [3.63, 3.8) is 0 Å². The van der Waals surface area contributed by atoms with Crippen LogP contribution in [0.2, 0.25) is 0 Å². The van der Waals surface area contributed by atoms with Crippen LogP contribution in [0.25, 0.3) is 0 Å². The highest BCUT2D eigenvalue weighted by atomic mass is 16.5. The summed E-state index contributed by atoms with van der Waals surface area (Å²) >= 11 is 0. The molecule has 0 fully saturated rings. The zero-order valence-corrected chi connectivity index (χ0v) is 10.6. The van der Waals surface area contributed by atoms with Crippen LogP contribution in [0.15, 0.2) is 30.3 Å². The normalized spacial score (nSPS) is 11.7. The van der Waals surface area contributed by atoms with E-state index in [0.717, 1.165) is 0 Å². The molecule has 0 N–H and O–H groups in total. The first-order valence-corrected chi connectivity index (χ1v) is 5.83. The number of ketones is 1. The van der Waals surface area contributed by atoms with Crippen LogP contribution in [-0.2, 0) is 14.3 Å². The molecule has 0 bridgehead atoms. The van der Waals surface area contributed by atoms with Crippen molar-refractivity contribution in [1.82, 2.24) is 5.41 Å². The Morgan fingerprint density at radius 1 is 1.28 bits per heavy atom. The van der Waals surface area contributed by atoms with Gasteiger partial charge < -0.3 is 4.74 Å². The average molecular weight is 246 g/mol. The van der Waals surface area contributed by atoms with Gasteiger partial charge in [-0.1, -0.05) is 30.3 Å². The van der Waals surface area contributed by atoms with E-state index >= 15 is 0 Å². The number of carbonyl (C=O) groups excluding carboxylic acids is 2. The van der Waals surface area contributed by atoms with Crippen molar-refractivity contribution in [2.24, 2.45) is 5.92 Å². The zero-order valence-electron chi connectivity index (χ0n) is 10.6. The lowest BCUT2D eigenvalue weighted by Crippen LogP contribution is -2.27. The molecular weight excluding hydrogens is 230 g/mol. The number of nitrogens with zero attached hydrogens (tertiary/aromatic N) is 1. The third-order valence-electron chi connectivity index (χ3n) is 2.57. The van der Waals surface area contributed by atoms with Gasteiger partial charge in [0.05, 0.1) is 12.3 Å². The van der Waals surface area contributed by atoms with Gasteiger partial charge in [-0.05, 0) is 19.4 Å². The van der Waals surface area contributed by atoms with E-state index in [-0.39, 0.29) is 24.5 Å². The van der Waals surface area contributed by atoms with Gasteiger partial charge in [0.15, 0.2) is 0 Å². The smallest absolute Gasteiger partial charge is 0.316 e. The molecule has 1 aromatic carbocycles. The highest BCUT2D eigenvalue weighted by molar-refractivity contribution is 6.06. The third kappa shape index (κ3) is 3.80. The Labute approximate surface area is 106 Å². The minimum atomic E-state index is -0.940. The summed E-state index contributed by atoms with van der Waals surface area (Å²) in [6.07, 6.45) is -0.0296. The second-order valence-electron chi connectivity index (χ2n) is 3.93. The van der Waals surface area contributed by atoms with E-state index < -0.39 is 11.9 Å². The van der Waals surface area contributed by atoms with Crippen molar-refractivity contribution in [1.29, 1.82) is 0 Å². The topological polar surface area (TPSA) is 65.7 Å². The molecule has 4 heteroatoms. The van der Waals surface area contributed by atoms with Gasteiger partial charge in [-0.15, -0.1) is 0 Å². The molecule has 0 aliphatic rings. The number of hydrogen-bond donors (Lipinski definition) is 0. The summed E-state index contributed by atoms with van der Waals surface area (Å²) in [5, 5.41) is 9.91. The minimum absolute atomic E-state index is 0.0175. The molecule has 1 atom stereocenters. The fourth-order valence-electron chi connectivity index (χ4n) is 1.58. The first-order valence-electron chi connectivity index (χ1n) is 5.83. The van der Waals surface area contributed by atoms with Crippen molar-refractivity contribution >= 4 is 17.5 Å². The minimum Gasteiger partial charge on any atom is -0.465 e. The molecule has 0 aromatic heterocycles. The molecule has 0 aliphatic carbocycles. The van der Waals surface area contributed by atoms with Gasteiger partial charge in [-0.3, -0.25) is 9.59 Å². The lowest BCUT2D eigenvalue weighted by Gasteiger charge is -2.12. The molecule has 0 amide bonds. The maximum Gasteiger partial charge on any atom is 0.316 e. The van der Waals surface area contributed by atoms with Gasteiger partial charge in [0, 0.05) is 6.42 Å². The number of esters is 1. The van der Waals surface area contributed by atoms with Gasteiger partial charge in [0.2, 0.25) is 0 Å². The van der Waals surface area contributed by atoms with E-state index in [9.17, 15) is 15.0 Å². The van der Waals surface area contributed by atoms with Crippen LogP contribution in [0.3, 0.4) is 0 Å². The van der Waals surface area contributed by atoms with E-state index in [1.165, 1.54) is 6.92 Å². The number of hydrogen-bond acceptors (Lipinski definition) is 3. The Morgan fingerprint density at radius 2 is 1.89 bits per heavy atom. The quantitative estimate of drug-likeness (QED) is 0.433. The van der Waals surface area contributed by atoms with Crippen molar-refractivity contribution in [2.45, 2.75) is 20.3 Å². The molecule has 0 aliphatic heterocycles. The van der Waals surface area contributed by atoms with E-state index in [1.807, 2.05) is 6.07 Å². The standard InChI is InChI=1S/C14H16NO3/c1-3-18-14(17)12(10(2)16)9-13(15)11-7-5-4-6-8-11/h4-8,12H,3,9H2,1-2H3. The van der Waals surface area contributed by atoms with Gasteiger partial charge in [0.1, 0.15) is 11.7 Å². The predicted molar refractivity (Wildman–Crippen MR) is 68.1 cm³/mol. The lowest BCUT2D eigenvalue weighted by molar-refractivity contribution is -0.150. The van der Waals surface area contributed by atoms with Gasteiger partial charge in [0.25, 0.3) is 0 Å². The van der Waals surface area contributed by atoms with Crippen molar-refractivity contribution < 1.29 is 14.3 Å². The average Bonchev–Trinajstić information content (AvgIpc) is 2.36. The molecule has 0 saturated heterocycles. The molecule has 0 spiro atoms. The Balaban J connectivity index is 2.76. The van der Waals surface area contributed by atoms with Gasteiger partial charge in [-0.25, -0.2) is 0 Å². The highest BCUT2D eigenvalue weighted by Crippen LogP contribution is 2.12. The monoisotopic (exact) mass is 246 g/mol. The summed E-state index contributed by atoms with van der Waals surface area (Å²) in [7, 11) is 0. The number of rotatable bonds is 6. The number of ether oxygens (including phenoxy) is 1. The fraction of sp³-hybridized carbons (Fsp3) is 0.357. The van der Waals surface area contributed by atoms with E-state index in [0.29, 0.717) is 5.56 Å². The fourth-order valence-corrected chi connectivity index (χ4v) is 1.58. The largest absolute Gasteiger partial charge is 0.465 e. The van der Waals surface area contributed by atoms with E-state index in [4.69, 9.17) is 4.74 Å². The van der Waals surface area contributed by atoms with Crippen LogP contribution in [0, 0.1) is 5.92 Å². The summed E-state index contributed by atoms with van der Waals surface area (Å²) in [5.41, 5.74) is 0.622. The van der Waals surface area contributed by atoms with Crippen LogP contribution in [0.5, 0.6) is 0 Å². The molecule has 0 saturated carbocycles. The van der Waals surface area contributed by atoms with Crippen LogP contribution in [0.4, 0.5) is 0 Å². The Hall–Kier alpha value is -1.97. The summed E-state index contributed by atoms with van der Waals surface area (Å²) in [5.74, 6) is -1.84. The van der Waals surface area contributed by atoms with Crippen LogP contribution >= 0.6 is 0 Å². The number of benzene rings is 1. The molecule has 18 heavy (non-hydrogen) atoms. The molecule has 1 rings (SSSR count). The zero-order chi connectivity index (χ0) is 13.5. The number of Topliss-reactive ketones (excluding diaryl/α,β-unsaturated/α-hetero) is 1. The second kappa shape index (κ2) is 6.69. The van der Waals surface area contributed by atoms with Crippen LogP contribution in [0.1, 0.15) is 25.8 Å². The van der Waals surface area contributed by atoms with Crippen LogP contribution in [-0.4, -0.2) is 24.1 Å². The molecular formula is C14H16NO3. The Kier molecular flexibility index (Phi) is 5.24. The molecule has 1 unspecified atom stereocenters. The second-order valence-corrected chi connectivity index (χ2v) is 3.93. The SMILES string of the molecule is CCOC(=O)C(CC(=[N])c1ccccc1)C(C)=O. The summed E-state index contributed by atoms with van der Waals surface area (Å²) in [4.78, 5) is 23.0. The third-order valence-corrected chi connectivity index (χ3v) is 2.57. The van der Waals surface area contributed by atoms with Gasteiger partial charge in [-0.2, -0.15) is 5.41 Å². The lowest BCUT2D eigenvalue weighted by atomic mass is 9.95. The Morgan fingerprint density at radius 3 is 2.39 bits per heavy atom. The Bertz CT molecular complexity index is 440. The maximum atomic E-state index is 11.6. The maximum absolute atomic E-state index is 11.6. The van der Waals surface area contributed by atoms with Crippen LogP contribution < -0.4 is 5.41 Å². The predicted octanol–water partition coefficient (Wildman–Crippen LogP) is 1.43. The molecule has 95 valence electrons.